The number of hydrogen-bond acceptors (Lipinski definition) is 4. The SMILES string of the molecule is COC(=O)c1ccc([C@]2(c3ccc(OC(C)(C)c4ccccn4)cc3)CC3CC[C@@H]2C3)cc1. The molecule has 2 bridgehead atoms. The minimum absolute atomic E-state index is 0.00734. The smallest absolute Gasteiger partial charge is 0.337 e. The summed E-state index contributed by atoms with van der Waals surface area (Å²) in [5.41, 5.74) is 3.61. The summed E-state index contributed by atoms with van der Waals surface area (Å²) in [4.78, 5) is 16.4. The van der Waals surface area contributed by atoms with Crippen molar-refractivity contribution in [2.45, 2.75) is 50.5 Å². The normalized spacial score (nSPS) is 24.0. The summed E-state index contributed by atoms with van der Waals surface area (Å²) in [5.74, 6) is 1.95. The Balaban J connectivity index is 1.46. The molecule has 170 valence electrons. The molecule has 4 heteroatoms. The third-order valence-corrected chi connectivity index (χ3v) is 7.69. The molecule has 3 atom stereocenters. The maximum Gasteiger partial charge on any atom is 0.337 e. The predicted molar refractivity (Wildman–Crippen MR) is 128 cm³/mol. The molecule has 1 unspecified atom stereocenters. The fraction of sp³-hybridized carbons (Fsp3) is 0.379. The number of carbonyl (C=O) groups is 1. The Kier molecular flexibility index (Phi) is 5.48. The van der Waals surface area contributed by atoms with Gasteiger partial charge in [0.25, 0.3) is 0 Å². The van der Waals surface area contributed by atoms with Gasteiger partial charge in [-0.1, -0.05) is 36.8 Å². The van der Waals surface area contributed by atoms with E-state index in [0.717, 1.165) is 23.8 Å². The molecule has 2 saturated carbocycles. The average Bonchev–Trinajstić information content (AvgIpc) is 3.47. The van der Waals surface area contributed by atoms with E-state index in [-0.39, 0.29) is 11.4 Å². The van der Waals surface area contributed by atoms with E-state index in [0.29, 0.717) is 11.5 Å². The van der Waals surface area contributed by atoms with E-state index in [1.165, 1.54) is 37.5 Å². The van der Waals surface area contributed by atoms with E-state index in [4.69, 9.17) is 9.47 Å². The Morgan fingerprint density at radius 3 is 2.21 bits per heavy atom. The summed E-state index contributed by atoms with van der Waals surface area (Å²) in [7, 11) is 1.42. The fourth-order valence-corrected chi connectivity index (χ4v) is 6.11. The highest BCUT2D eigenvalue weighted by molar-refractivity contribution is 5.89. The van der Waals surface area contributed by atoms with Crippen LogP contribution in [0.25, 0.3) is 0 Å². The lowest BCUT2D eigenvalue weighted by molar-refractivity contribution is 0.0600. The Morgan fingerprint density at radius 2 is 1.67 bits per heavy atom. The van der Waals surface area contributed by atoms with Crippen LogP contribution < -0.4 is 4.74 Å². The van der Waals surface area contributed by atoms with Crippen LogP contribution in [0.5, 0.6) is 5.75 Å². The van der Waals surface area contributed by atoms with Crippen LogP contribution >= 0.6 is 0 Å². The number of ether oxygens (including phenoxy) is 2. The molecule has 2 aliphatic rings. The zero-order valence-electron chi connectivity index (χ0n) is 19.6. The van der Waals surface area contributed by atoms with Gasteiger partial charge in [-0.25, -0.2) is 4.79 Å². The number of hydrogen-bond donors (Lipinski definition) is 0. The van der Waals surface area contributed by atoms with Crippen LogP contribution in [0.1, 0.15) is 66.7 Å². The number of nitrogens with zero attached hydrogens (tertiary/aromatic N) is 1. The number of pyridine rings is 1. The molecule has 0 radical (unpaired) electrons. The van der Waals surface area contributed by atoms with Crippen molar-refractivity contribution < 1.29 is 14.3 Å². The molecule has 2 aliphatic carbocycles. The second kappa shape index (κ2) is 8.33. The van der Waals surface area contributed by atoms with Crippen molar-refractivity contribution in [2.75, 3.05) is 7.11 Å². The Hall–Kier alpha value is -3.14. The number of esters is 1. The van der Waals surface area contributed by atoms with Crippen LogP contribution in [0.4, 0.5) is 0 Å². The first kappa shape index (κ1) is 21.7. The standard InChI is InChI=1S/C29H31NO3/c1-28(2,26-6-4-5-17-30-26)33-25-15-13-23(14-16-25)29(19-20-7-10-24(29)18-20)22-11-8-21(9-12-22)27(31)32-3/h4-6,8-9,11-17,20,24H,7,10,18-19H2,1-3H3/t20?,24-,29+/m1/s1. The maximum absolute atomic E-state index is 11.9. The molecular formula is C29H31NO3. The van der Waals surface area contributed by atoms with Crippen molar-refractivity contribution in [1.29, 1.82) is 0 Å². The average molecular weight is 442 g/mol. The Bertz CT molecular complexity index is 1120. The minimum Gasteiger partial charge on any atom is -0.482 e. The zero-order chi connectivity index (χ0) is 23.1. The van der Waals surface area contributed by atoms with Crippen LogP contribution in [-0.2, 0) is 15.8 Å². The fourth-order valence-electron chi connectivity index (χ4n) is 6.11. The number of fused-ring (bicyclic) bond motifs is 2. The lowest BCUT2D eigenvalue weighted by Gasteiger charge is -2.39. The maximum atomic E-state index is 11.9. The van der Waals surface area contributed by atoms with Crippen LogP contribution in [0, 0.1) is 11.8 Å². The van der Waals surface area contributed by atoms with Gasteiger partial charge in [0.05, 0.1) is 18.4 Å². The van der Waals surface area contributed by atoms with Gasteiger partial charge < -0.3 is 9.47 Å². The molecule has 0 N–H and O–H groups in total. The quantitative estimate of drug-likeness (QED) is 0.422. The van der Waals surface area contributed by atoms with Crippen molar-refractivity contribution in [1.82, 2.24) is 4.98 Å². The summed E-state index contributed by atoms with van der Waals surface area (Å²) < 4.78 is 11.2. The highest BCUT2D eigenvalue weighted by Crippen LogP contribution is 2.60. The van der Waals surface area contributed by atoms with E-state index in [2.05, 4.69) is 41.4 Å². The topological polar surface area (TPSA) is 48.4 Å². The summed E-state index contributed by atoms with van der Waals surface area (Å²) in [6, 6.07) is 22.6. The van der Waals surface area contributed by atoms with Crippen molar-refractivity contribution >= 4 is 5.97 Å². The molecule has 2 fully saturated rings. The highest BCUT2D eigenvalue weighted by Gasteiger charge is 2.52. The molecule has 4 nitrogen and oxygen atoms in total. The molecule has 0 spiro atoms. The number of aromatic nitrogens is 1. The van der Waals surface area contributed by atoms with Crippen LogP contribution in [0.2, 0.25) is 0 Å². The van der Waals surface area contributed by atoms with Crippen molar-refractivity contribution in [3.8, 4) is 5.75 Å². The monoisotopic (exact) mass is 441 g/mol. The third kappa shape index (κ3) is 3.82. The minimum atomic E-state index is -0.517. The number of rotatable bonds is 6. The van der Waals surface area contributed by atoms with Gasteiger partial charge in [-0.05, 0) is 92.5 Å². The molecule has 3 aromatic rings. The summed E-state index contributed by atoms with van der Waals surface area (Å²) >= 11 is 0. The second-order valence-electron chi connectivity index (χ2n) is 9.97. The van der Waals surface area contributed by atoms with Crippen LogP contribution in [0.3, 0.4) is 0 Å². The van der Waals surface area contributed by atoms with Crippen molar-refractivity contribution in [3.05, 3.63) is 95.3 Å². The molecule has 33 heavy (non-hydrogen) atoms. The summed E-state index contributed by atoms with van der Waals surface area (Å²) in [5, 5.41) is 0. The largest absolute Gasteiger partial charge is 0.482 e. The molecule has 0 aliphatic heterocycles. The van der Waals surface area contributed by atoms with Gasteiger partial charge in [-0.2, -0.15) is 0 Å². The van der Waals surface area contributed by atoms with Crippen molar-refractivity contribution in [2.24, 2.45) is 11.8 Å². The van der Waals surface area contributed by atoms with Crippen molar-refractivity contribution in [3.63, 3.8) is 0 Å². The molecular weight excluding hydrogens is 410 g/mol. The van der Waals surface area contributed by atoms with Gasteiger partial charge in [-0.3, -0.25) is 4.98 Å². The van der Waals surface area contributed by atoms with Gasteiger partial charge in [-0.15, -0.1) is 0 Å². The van der Waals surface area contributed by atoms with Crippen LogP contribution in [0.15, 0.2) is 72.9 Å². The van der Waals surface area contributed by atoms with E-state index >= 15 is 0 Å². The first-order valence-electron chi connectivity index (χ1n) is 11.8. The van der Waals surface area contributed by atoms with Gasteiger partial charge in [0, 0.05) is 11.6 Å². The number of benzene rings is 2. The molecule has 1 heterocycles. The van der Waals surface area contributed by atoms with E-state index in [9.17, 15) is 4.79 Å². The number of methoxy groups -OCH3 is 1. The lowest BCUT2D eigenvalue weighted by atomic mass is 9.64. The molecule has 2 aromatic carbocycles. The van der Waals surface area contributed by atoms with E-state index in [1.54, 1.807) is 6.20 Å². The Labute approximate surface area is 196 Å². The van der Waals surface area contributed by atoms with Gasteiger partial charge in [0.15, 0.2) is 0 Å². The lowest BCUT2D eigenvalue weighted by Crippen LogP contribution is -2.34. The first-order chi connectivity index (χ1) is 15.9. The van der Waals surface area contributed by atoms with E-state index < -0.39 is 5.60 Å². The molecule has 0 amide bonds. The van der Waals surface area contributed by atoms with Gasteiger partial charge >= 0.3 is 5.97 Å². The third-order valence-electron chi connectivity index (χ3n) is 7.69. The van der Waals surface area contributed by atoms with Gasteiger partial charge in [0.2, 0.25) is 0 Å². The zero-order valence-corrected chi connectivity index (χ0v) is 19.6. The summed E-state index contributed by atoms with van der Waals surface area (Å²) in [6.07, 6.45) is 6.83. The molecule has 0 saturated heterocycles. The van der Waals surface area contributed by atoms with Gasteiger partial charge in [0.1, 0.15) is 11.4 Å². The van der Waals surface area contributed by atoms with Crippen LogP contribution in [-0.4, -0.2) is 18.1 Å². The molecule has 1 aromatic heterocycles. The highest BCUT2D eigenvalue weighted by atomic mass is 16.5. The summed E-state index contributed by atoms with van der Waals surface area (Å²) in [6.45, 7) is 4.09. The Morgan fingerprint density at radius 1 is 0.970 bits per heavy atom. The predicted octanol–water partition coefficient (Wildman–Crippen LogP) is 6.29. The van der Waals surface area contributed by atoms with E-state index in [1.807, 2.05) is 44.2 Å². The molecule has 5 rings (SSSR count). The second-order valence-corrected chi connectivity index (χ2v) is 9.97. The number of carbonyl (C=O) groups excluding carboxylic acids is 1. The first-order valence-corrected chi connectivity index (χ1v) is 11.8.